The zero-order valence-corrected chi connectivity index (χ0v) is 12.9. The number of aliphatic hydroxyl groups is 1. The lowest BCUT2D eigenvalue weighted by Crippen LogP contribution is -2.41. The molecule has 1 aromatic rings. The van der Waals surface area contributed by atoms with E-state index in [2.05, 4.69) is 10.6 Å². The zero-order chi connectivity index (χ0) is 15.0. The quantitative estimate of drug-likeness (QED) is 0.675. The molecule has 5 nitrogen and oxygen atoms in total. The van der Waals surface area contributed by atoms with Gasteiger partial charge in [-0.3, -0.25) is 4.79 Å². The number of aliphatic hydroxyl groups excluding tert-OH is 1. The highest BCUT2D eigenvalue weighted by Crippen LogP contribution is 2.16. The van der Waals surface area contributed by atoms with Crippen LogP contribution < -0.4 is 15.4 Å². The molecule has 2 unspecified atom stereocenters. The summed E-state index contributed by atoms with van der Waals surface area (Å²) in [4.78, 5) is 11.8. The molecule has 0 radical (unpaired) electrons. The predicted molar refractivity (Wildman–Crippen MR) is 83.5 cm³/mol. The summed E-state index contributed by atoms with van der Waals surface area (Å²) in [6.07, 6.45) is 1.94. The molecule has 112 valence electrons. The summed E-state index contributed by atoms with van der Waals surface area (Å²) in [6.45, 7) is 2.25. The molecular formula is C14H22N2O3S. The fraction of sp³-hybridized carbons (Fsp3) is 0.500. The minimum Gasteiger partial charge on any atom is -0.497 e. The molecule has 0 bridgehead atoms. The SMILES string of the molecule is COc1cccc(NC(=O)CNC(C)C(CO)SC)c1. The molecule has 0 saturated heterocycles. The number of rotatable bonds is 8. The van der Waals surface area contributed by atoms with Gasteiger partial charge in [-0.25, -0.2) is 0 Å². The topological polar surface area (TPSA) is 70.6 Å². The van der Waals surface area contributed by atoms with Crippen LogP contribution in [0.4, 0.5) is 5.69 Å². The second-order valence-corrected chi connectivity index (χ2v) is 5.48. The van der Waals surface area contributed by atoms with Gasteiger partial charge in [0.2, 0.25) is 5.91 Å². The van der Waals surface area contributed by atoms with Gasteiger partial charge in [-0.05, 0) is 25.3 Å². The van der Waals surface area contributed by atoms with Crippen molar-refractivity contribution in [3.05, 3.63) is 24.3 Å². The third-order valence-electron chi connectivity index (χ3n) is 2.98. The Balaban J connectivity index is 2.43. The first-order valence-electron chi connectivity index (χ1n) is 6.41. The van der Waals surface area contributed by atoms with Crippen LogP contribution in [0.15, 0.2) is 24.3 Å². The average Bonchev–Trinajstić information content (AvgIpc) is 2.46. The maximum absolute atomic E-state index is 11.8. The smallest absolute Gasteiger partial charge is 0.238 e. The Morgan fingerprint density at radius 1 is 1.50 bits per heavy atom. The monoisotopic (exact) mass is 298 g/mol. The van der Waals surface area contributed by atoms with Crippen molar-refractivity contribution in [3.8, 4) is 5.75 Å². The van der Waals surface area contributed by atoms with Gasteiger partial charge in [-0.2, -0.15) is 11.8 Å². The largest absolute Gasteiger partial charge is 0.497 e. The molecule has 2 atom stereocenters. The van der Waals surface area contributed by atoms with E-state index in [0.717, 1.165) is 0 Å². The highest BCUT2D eigenvalue weighted by Gasteiger charge is 2.15. The first-order valence-corrected chi connectivity index (χ1v) is 7.70. The van der Waals surface area contributed by atoms with E-state index >= 15 is 0 Å². The Morgan fingerprint density at radius 2 is 2.25 bits per heavy atom. The van der Waals surface area contributed by atoms with E-state index in [0.29, 0.717) is 11.4 Å². The van der Waals surface area contributed by atoms with E-state index in [1.807, 2.05) is 31.4 Å². The molecule has 1 amide bonds. The van der Waals surface area contributed by atoms with Crippen LogP contribution in [0.25, 0.3) is 0 Å². The average molecular weight is 298 g/mol. The van der Waals surface area contributed by atoms with E-state index in [1.165, 1.54) is 0 Å². The number of amides is 1. The second-order valence-electron chi connectivity index (χ2n) is 4.41. The predicted octanol–water partition coefficient (Wildman–Crippen LogP) is 1.34. The van der Waals surface area contributed by atoms with Gasteiger partial charge >= 0.3 is 0 Å². The summed E-state index contributed by atoms with van der Waals surface area (Å²) in [5, 5.41) is 15.2. The minimum absolute atomic E-state index is 0.0612. The van der Waals surface area contributed by atoms with Gasteiger partial charge in [-0.15, -0.1) is 0 Å². The first kappa shape index (κ1) is 16.8. The van der Waals surface area contributed by atoms with E-state index in [9.17, 15) is 9.90 Å². The van der Waals surface area contributed by atoms with Crippen LogP contribution in [0, 0.1) is 0 Å². The fourth-order valence-electron chi connectivity index (χ4n) is 1.73. The third kappa shape index (κ3) is 5.40. The summed E-state index contributed by atoms with van der Waals surface area (Å²) in [5.41, 5.74) is 0.701. The van der Waals surface area contributed by atoms with Gasteiger partial charge in [0.05, 0.1) is 20.3 Å². The lowest BCUT2D eigenvalue weighted by molar-refractivity contribution is -0.115. The molecule has 0 aliphatic rings. The number of carbonyl (C=O) groups excluding carboxylic acids is 1. The molecular weight excluding hydrogens is 276 g/mol. The number of methoxy groups -OCH3 is 1. The lowest BCUT2D eigenvalue weighted by atomic mass is 10.2. The molecule has 0 aliphatic carbocycles. The number of hydrogen-bond acceptors (Lipinski definition) is 5. The van der Waals surface area contributed by atoms with Gasteiger partial charge < -0.3 is 20.5 Å². The highest BCUT2D eigenvalue weighted by atomic mass is 32.2. The van der Waals surface area contributed by atoms with E-state index in [4.69, 9.17) is 4.74 Å². The zero-order valence-electron chi connectivity index (χ0n) is 12.1. The molecule has 0 fully saturated rings. The number of anilines is 1. The van der Waals surface area contributed by atoms with Crippen LogP contribution >= 0.6 is 11.8 Å². The van der Waals surface area contributed by atoms with Crippen LogP contribution in [-0.2, 0) is 4.79 Å². The molecule has 1 rings (SSSR count). The number of carbonyl (C=O) groups is 1. The van der Waals surface area contributed by atoms with Gasteiger partial charge in [0.1, 0.15) is 5.75 Å². The van der Waals surface area contributed by atoms with Crippen molar-refractivity contribution in [2.45, 2.75) is 18.2 Å². The normalized spacial score (nSPS) is 13.6. The minimum atomic E-state index is -0.122. The number of benzene rings is 1. The van der Waals surface area contributed by atoms with Crippen molar-refractivity contribution < 1.29 is 14.6 Å². The van der Waals surface area contributed by atoms with Crippen molar-refractivity contribution >= 4 is 23.4 Å². The van der Waals surface area contributed by atoms with Gasteiger partial charge in [0, 0.05) is 23.0 Å². The molecule has 3 N–H and O–H groups in total. The summed E-state index contributed by atoms with van der Waals surface area (Å²) >= 11 is 1.58. The number of thioether (sulfide) groups is 1. The maximum atomic E-state index is 11.8. The third-order valence-corrected chi connectivity index (χ3v) is 4.14. The summed E-state index contributed by atoms with van der Waals surface area (Å²) in [6, 6.07) is 7.27. The summed E-state index contributed by atoms with van der Waals surface area (Å²) in [5.74, 6) is 0.578. The Morgan fingerprint density at radius 3 is 2.85 bits per heavy atom. The van der Waals surface area contributed by atoms with Crippen LogP contribution in [0.5, 0.6) is 5.75 Å². The van der Waals surface area contributed by atoms with E-state index < -0.39 is 0 Å². The molecule has 0 spiro atoms. The Hall–Kier alpha value is -1.24. The first-order chi connectivity index (χ1) is 9.60. The van der Waals surface area contributed by atoms with Crippen molar-refractivity contribution in [1.82, 2.24) is 5.32 Å². The molecule has 0 aromatic heterocycles. The Bertz CT molecular complexity index is 425. The molecule has 1 aromatic carbocycles. The standard InChI is InChI=1S/C14H22N2O3S/c1-10(13(9-17)20-3)15-8-14(18)16-11-5-4-6-12(7-11)19-2/h4-7,10,13,15,17H,8-9H2,1-3H3,(H,16,18). The number of hydrogen-bond donors (Lipinski definition) is 3. The highest BCUT2D eigenvalue weighted by molar-refractivity contribution is 7.99. The molecule has 20 heavy (non-hydrogen) atoms. The van der Waals surface area contributed by atoms with Gasteiger partial charge in [0.15, 0.2) is 0 Å². The molecule has 0 aliphatic heterocycles. The summed E-state index contributed by atoms with van der Waals surface area (Å²) < 4.78 is 5.10. The number of ether oxygens (including phenoxy) is 1. The fourth-order valence-corrected chi connectivity index (χ4v) is 2.38. The number of nitrogens with one attached hydrogen (secondary N) is 2. The molecule has 0 saturated carbocycles. The lowest BCUT2D eigenvalue weighted by Gasteiger charge is -2.21. The van der Waals surface area contributed by atoms with E-state index in [1.54, 1.807) is 24.9 Å². The maximum Gasteiger partial charge on any atom is 0.238 e. The van der Waals surface area contributed by atoms with Crippen LogP contribution in [0.3, 0.4) is 0 Å². The van der Waals surface area contributed by atoms with Crippen LogP contribution in [0.1, 0.15) is 6.92 Å². The van der Waals surface area contributed by atoms with E-state index in [-0.39, 0.29) is 30.4 Å². The van der Waals surface area contributed by atoms with Crippen LogP contribution in [-0.4, -0.2) is 48.8 Å². The molecule has 6 heteroatoms. The van der Waals surface area contributed by atoms with Gasteiger partial charge in [-0.1, -0.05) is 6.07 Å². The Kier molecular flexibility index (Phi) is 7.43. The van der Waals surface area contributed by atoms with Crippen molar-refractivity contribution in [1.29, 1.82) is 0 Å². The summed E-state index contributed by atoms with van der Waals surface area (Å²) in [7, 11) is 1.58. The second kappa shape index (κ2) is 8.84. The van der Waals surface area contributed by atoms with Crippen molar-refractivity contribution in [2.24, 2.45) is 0 Å². The van der Waals surface area contributed by atoms with Gasteiger partial charge in [0.25, 0.3) is 0 Å². The Labute approximate surface area is 124 Å². The molecule has 0 heterocycles. The van der Waals surface area contributed by atoms with Crippen molar-refractivity contribution in [2.75, 3.05) is 31.8 Å². The van der Waals surface area contributed by atoms with Crippen molar-refractivity contribution in [3.63, 3.8) is 0 Å². The van der Waals surface area contributed by atoms with Crippen LogP contribution in [0.2, 0.25) is 0 Å².